The van der Waals surface area contributed by atoms with E-state index in [0.717, 1.165) is 31.1 Å². The maximum Gasteiger partial charge on any atom is 0.490 e. The SMILES string of the molecule is O=C(O)C(F)(F)F.c1cnc(N2CCC3(CCCN(Cc4csnn4)C3)CC2)cn1. The van der Waals surface area contributed by atoms with Gasteiger partial charge in [0.15, 0.2) is 0 Å². The van der Waals surface area contributed by atoms with E-state index in [1.165, 1.54) is 50.3 Å². The minimum absolute atomic E-state index is 0.473. The van der Waals surface area contributed by atoms with Gasteiger partial charge in [-0.3, -0.25) is 9.88 Å². The zero-order valence-corrected chi connectivity index (χ0v) is 17.1. The number of hydrogen-bond acceptors (Lipinski definition) is 8. The summed E-state index contributed by atoms with van der Waals surface area (Å²) >= 11 is 1.45. The highest BCUT2D eigenvalue weighted by molar-refractivity contribution is 7.03. The van der Waals surface area contributed by atoms with Crippen molar-refractivity contribution in [1.82, 2.24) is 24.5 Å². The fraction of sp³-hybridized carbons (Fsp3) is 0.611. The number of rotatable bonds is 3. The minimum atomic E-state index is -5.08. The number of carboxylic acids is 1. The molecule has 8 nitrogen and oxygen atoms in total. The first-order valence-corrected chi connectivity index (χ1v) is 10.4. The van der Waals surface area contributed by atoms with Crippen LogP contribution >= 0.6 is 11.5 Å². The van der Waals surface area contributed by atoms with E-state index in [2.05, 4.69) is 34.7 Å². The Labute approximate surface area is 175 Å². The predicted octanol–water partition coefficient (Wildman–Crippen LogP) is 2.84. The van der Waals surface area contributed by atoms with Gasteiger partial charge in [-0.05, 0) is 49.2 Å². The Morgan fingerprint density at radius 2 is 1.93 bits per heavy atom. The predicted molar refractivity (Wildman–Crippen MR) is 104 cm³/mol. The fourth-order valence-corrected chi connectivity index (χ4v) is 4.44. The van der Waals surface area contributed by atoms with Crippen LogP contribution in [0.5, 0.6) is 0 Å². The molecule has 1 spiro atoms. The fourth-order valence-electron chi connectivity index (χ4n) is 4.00. The van der Waals surface area contributed by atoms with Crippen molar-refractivity contribution in [1.29, 1.82) is 0 Å². The number of likely N-dealkylation sites (tertiary alicyclic amines) is 1. The van der Waals surface area contributed by atoms with Gasteiger partial charge in [-0.1, -0.05) is 4.49 Å². The van der Waals surface area contributed by atoms with Gasteiger partial charge in [0.2, 0.25) is 0 Å². The van der Waals surface area contributed by atoms with Crippen molar-refractivity contribution in [2.45, 2.75) is 38.4 Å². The first-order valence-electron chi connectivity index (χ1n) is 9.57. The molecule has 0 bridgehead atoms. The molecular formula is C18H23F3N6O2S. The number of carboxylic acid groups (broad SMARTS) is 1. The molecule has 2 aliphatic rings. The average molecular weight is 444 g/mol. The summed E-state index contributed by atoms with van der Waals surface area (Å²) in [6, 6.07) is 0. The molecule has 2 saturated heterocycles. The van der Waals surface area contributed by atoms with Crippen LogP contribution < -0.4 is 4.90 Å². The first-order chi connectivity index (χ1) is 14.3. The number of carbonyl (C=O) groups is 1. The van der Waals surface area contributed by atoms with Gasteiger partial charge >= 0.3 is 12.1 Å². The minimum Gasteiger partial charge on any atom is -0.475 e. The third-order valence-electron chi connectivity index (χ3n) is 5.47. The normalized spacial score (nSPS) is 19.2. The molecule has 0 atom stereocenters. The summed E-state index contributed by atoms with van der Waals surface area (Å²) in [6.07, 6.45) is 5.45. The summed E-state index contributed by atoms with van der Waals surface area (Å²) in [5.41, 5.74) is 1.59. The molecule has 0 unspecified atom stereocenters. The van der Waals surface area contributed by atoms with Gasteiger partial charge in [0, 0.05) is 44.0 Å². The lowest BCUT2D eigenvalue weighted by Crippen LogP contribution is -2.49. The maximum atomic E-state index is 10.6. The molecule has 2 aromatic rings. The summed E-state index contributed by atoms with van der Waals surface area (Å²) in [5, 5.41) is 13.4. The second kappa shape index (κ2) is 9.65. The summed E-state index contributed by atoms with van der Waals surface area (Å²) < 4.78 is 35.7. The summed E-state index contributed by atoms with van der Waals surface area (Å²) in [6.45, 7) is 5.51. The molecule has 0 aliphatic carbocycles. The standard InChI is InChI=1S/C16H22N6S.C2HF3O2/c1-2-16(13-21(7-1)11-14-12-23-20-19-14)3-8-22(9-4-16)15-10-17-5-6-18-15;3-2(4,5)1(6)7/h5-6,10,12H,1-4,7-9,11,13H2;(H,6,7). The van der Waals surface area contributed by atoms with E-state index in [9.17, 15) is 13.2 Å². The molecule has 1 N–H and O–H groups in total. The summed E-state index contributed by atoms with van der Waals surface area (Å²) in [4.78, 5) is 22.5. The number of halogens is 3. The van der Waals surface area contributed by atoms with Crippen LogP contribution in [-0.4, -0.2) is 67.9 Å². The molecule has 12 heteroatoms. The van der Waals surface area contributed by atoms with Crippen molar-refractivity contribution < 1.29 is 23.1 Å². The monoisotopic (exact) mass is 444 g/mol. The lowest BCUT2D eigenvalue weighted by atomic mass is 9.72. The highest BCUT2D eigenvalue weighted by Crippen LogP contribution is 2.40. The van der Waals surface area contributed by atoms with Gasteiger partial charge in [-0.25, -0.2) is 9.78 Å². The van der Waals surface area contributed by atoms with Crippen molar-refractivity contribution in [3.05, 3.63) is 29.7 Å². The Kier molecular flexibility index (Phi) is 7.19. The van der Waals surface area contributed by atoms with E-state index in [1.807, 2.05) is 6.20 Å². The van der Waals surface area contributed by atoms with Crippen molar-refractivity contribution >= 4 is 23.3 Å². The molecule has 0 radical (unpaired) electrons. The first kappa shape index (κ1) is 22.3. The molecule has 0 saturated carbocycles. The topological polar surface area (TPSA) is 95.3 Å². The number of aromatic nitrogens is 4. The number of anilines is 1. The molecule has 2 aromatic heterocycles. The van der Waals surface area contributed by atoms with Crippen LogP contribution in [0.1, 0.15) is 31.4 Å². The number of aliphatic carboxylic acids is 1. The molecule has 4 heterocycles. The second-order valence-corrected chi connectivity index (χ2v) is 8.17. The largest absolute Gasteiger partial charge is 0.490 e. The van der Waals surface area contributed by atoms with Crippen molar-refractivity contribution in [2.24, 2.45) is 5.41 Å². The van der Waals surface area contributed by atoms with Gasteiger partial charge in [-0.15, -0.1) is 5.10 Å². The molecule has 0 amide bonds. The summed E-state index contributed by atoms with van der Waals surface area (Å²) in [7, 11) is 0. The van der Waals surface area contributed by atoms with Crippen LogP contribution in [-0.2, 0) is 11.3 Å². The maximum absolute atomic E-state index is 10.6. The van der Waals surface area contributed by atoms with E-state index in [-0.39, 0.29) is 0 Å². The molecule has 2 aliphatic heterocycles. The van der Waals surface area contributed by atoms with Crippen LogP contribution in [0, 0.1) is 5.41 Å². The molecule has 30 heavy (non-hydrogen) atoms. The van der Waals surface area contributed by atoms with Crippen molar-refractivity contribution in [2.75, 3.05) is 31.1 Å². The zero-order chi connectivity index (χ0) is 21.6. The smallest absolute Gasteiger partial charge is 0.475 e. The van der Waals surface area contributed by atoms with E-state index in [4.69, 9.17) is 9.90 Å². The average Bonchev–Trinajstić information content (AvgIpc) is 3.22. The molecule has 0 aromatic carbocycles. The van der Waals surface area contributed by atoms with Crippen LogP contribution in [0.15, 0.2) is 24.0 Å². The van der Waals surface area contributed by atoms with Gasteiger partial charge in [0.1, 0.15) is 5.82 Å². The number of hydrogen-bond donors (Lipinski definition) is 1. The highest BCUT2D eigenvalue weighted by atomic mass is 32.1. The third kappa shape index (κ3) is 6.08. The van der Waals surface area contributed by atoms with E-state index >= 15 is 0 Å². The van der Waals surface area contributed by atoms with E-state index in [0.29, 0.717) is 5.41 Å². The van der Waals surface area contributed by atoms with E-state index < -0.39 is 12.1 Å². The Morgan fingerprint density at radius 3 is 2.50 bits per heavy atom. The van der Waals surface area contributed by atoms with Crippen LogP contribution in [0.4, 0.5) is 19.0 Å². The Morgan fingerprint density at radius 1 is 1.20 bits per heavy atom. The lowest BCUT2D eigenvalue weighted by molar-refractivity contribution is -0.192. The van der Waals surface area contributed by atoms with Gasteiger partial charge in [0.05, 0.1) is 11.9 Å². The Hall–Kier alpha value is -2.34. The zero-order valence-electron chi connectivity index (χ0n) is 16.3. The number of nitrogens with zero attached hydrogens (tertiary/aromatic N) is 6. The molecule has 164 valence electrons. The molecule has 2 fully saturated rings. The number of piperidine rings is 2. The summed E-state index contributed by atoms with van der Waals surface area (Å²) in [5.74, 6) is -1.74. The lowest BCUT2D eigenvalue weighted by Gasteiger charge is -2.47. The van der Waals surface area contributed by atoms with Crippen molar-refractivity contribution in [3.63, 3.8) is 0 Å². The molecular weight excluding hydrogens is 421 g/mol. The second-order valence-electron chi connectivity index (χ2n) is 7.56. The molecule has 4 rings (SSSR count). The van der Waals surface area contributed by atoms with Gasteiger partial charge in [-0.2, -0.15) is 13.2 Å². The van der Waals surface area contributed by atoms with Crippen LogP contribution in [0.3, 0.4) is 0 Å². The van der Waals surface area contributed by atoms with E-state index in [1.54, 1.807) is 12.4 Å². The Bertz CT molecular complexity index is 798. The van der Waals surface area contributed by atoms with Crippen molar-refractivity contribution in [3.8, 4) is 0 Å². The Balaban J connectivity index is 0.000000318. The van der Waals surface area contributed by atoms with Gasteiger partial charge in [0.25, 0.3) is 0 Å². The quantitative estimate of drug-likeness (QED) is 0.772. The number of alkyl halides is 3. The third-order valence-corrected chi connectivity index (χ3v) is 6.02. The van der Waals surface area contributed by atoms with Crippen LogP contribution in [0.2, 0.25) is 0 Å². The van der Waals surface area contributed by atoms with Crippen LogP contribution in [0.25, 0.3) is 0 Å². The van der Waals surface area contributed by atoms with Gasteiger partial charge < -0.3 is 10.0 Å². The highest BCUT2D eigenvalue weighted by Gasteiger charge is 2.39.